The van der Waals surface area contributed by atoms with Gasteiger partial charge < -0.3 is 5.32 Å². The van der Waals surface area contributed by atoms with Gasteiger partial charge in [-0.25, -0.2) is 5.84 Å². The topological polar surface area (TPSA) is 87.5 Å². The fraction of sp³-hybridized carbons (Fsp3) is 0.429. The van der Waals surface area contributed by atoms with Crippen molar-refractivity contribution in [3.63, 3.8) is 0 Å². The lowest BCUT2D eigenvalue weighted by Gasteiger charge is -2.25. The van der Waals surface area contributed by atoms with Crippen molar-refractivity contribution in [2.24, 2.45) is 5.84 Å². The van der Waals surface area contributed by atoms with Crippen molar-refractivity contribution in [2.45, 2.75) is 12.3 Å². The Morgan fingerprint density at radius 3 is 2.80 bits per heavy atom. The van der Waals surface area contributed by atoms with Crippen molar-refractivity contribution in [1.82, 2.24) is 15.6 Å². The fourth-order valence-electron chi connectivity index (χ4n) is 2.38. The molecule has 1 aliphatic rings. The van der Waals surface area contributed by atoms with Crippen LogP contribution in [0.5, 0.6) is 0 Å². The minimum atomic E-state index is -0.325. The molecule has 1 heterocycles. The number of rotatable bonds is 4. The summed E-state index contributed by atoms with van der Waals surface area (Å²) < 4.78 is 0. The predicted molar refractivity (Wildman–Crippen MR) is 75.6 cm³/mol. The minimum Gasteiger partial charge on any atom is -0.355 e. The lowest BCUT2D eigenvalue weighted by molar-refractivity contribution is -0.123. The van der Waals surface area contributed by atoms with Crippen LogP contribution >= 0.6 is 0 Å². The van der Waals surface area contributed by atoms with Crippen molar-refractivity contribution in [2.75, 3.05) is 26.2 Å². The maximum Gasteiger partial charge on any atom is 0.242 e. The van der Waals surface area contributed by atoms with Gasteiger partial charge in [0, 0.05) is 32.6 Å². The highest BCUT2D eigenvalue weighted by Gasteiger charge is 2.24. The summed E-state index contributed by atoms with van der Waals surface area (Å²) in [4.78, 5) is 25.4. The Hall–Kier alpha value is -1.92. The number of amides is 2. The van der Waals surface area contributed by atoms with Crippen LogP contribution in [0.1, 0.15) is 17.9 Å². The monoisotopic (exact) mass is 276 g/mol. The number of hydrazine groups is 1. The van der Waals surface area contributed by atoms with E-state index in [-0.39, 0.29) is 17.7 Å². The first-order valence-electron chi connectivity index (χ1n) is 6.75. The minimum absolute atomic E-state index is 0.0621. The summed E-state index contributed by atoms with van der Waals surface area (Å²) in [6.07, 6.45) is 0.464. The van der Waals surface area contributed by atoms with Gasteiger partial charge in [-0.15, -0.1) is 0 Å². The summed E-state index contributed by atoms with van der Waals surface area (Å²) >= 11 is 0. The molecule has 1 unspecified atom stereocenters. The molecule has 6 heteroatoms. The highest BCUT2D eigenvalue weighted by Crippen LogP contribution is 2.17. The summed E-state index contributed by atoms with van der Waals surface area (Å²) in [5, 5.41) is 2.82. The molecular formula is C14H20N4O2. The number of carbonyl (C=O) groups is 2. The zero-order chi connectivity index (χ0) is 14.4. The Bertz CT molecular complexity index is 464. The molecule has 2 rings (SSSR count). The number of carbonyl (C=O) groups excluding carboxylic acids is 2. The number of nitrogens with two attached hydrogens (primary N) is 1. The Balaban J connectivity index is 2.08. The van der Waals surface area contributed by atoms with Crippen LogP contribution in [0.2, 0.25) is 0 Å². The number of hydrogen-bond donors (Lipinski definition) is 3. The molecule has 1 aliphatic heterocycles. The molecule has 2 amide bonds. The maximum atomic E-state index is 12.0. The number of benzene rings is 1. The van der Waals surface area contributed by atoms with Crippen LogP contribution in [0.25, 0.3) is 0 Å². The predicted octanol–water partition coefficient (Wildman–Crippen LogP) is -0.418. The molecule has 4 N–H and O–H groups in total. The van der Waals surface area contributed by atoms with E-state index in [0.29, 0.717) is 26.1 Å². The fourth-order valence-corrected chi connectivity index (χ4v) is 2.38. The quantitative estimate of drug-likeness (QED) is 0.396. The third-order valence-corrected chi connectivity index (χ3v) is 3.51. The van der Waals surface area contributed by atoms with Gasteiger partial charge in [-0.05, 0) is 5.56 Å². The summed E-state index contributed by atoms with van der Waals surface area (Å²) in [5.41, 5.74) is 3.16. The lowest BCUT2D eigenvalue weighted by Crippen LogP contribution is -2.41. The molecule has 0 spiro atoms. The van der Waals surface area contributed by atoms with E-state index in [1.54, 1.807) is 0 Å². The van der Waals surface area contributed by atoms with Crippen LogP contribution in [0.4, 0.5) is 0 Å². The Morgan fingerprint density at radius 2 is 2.10 bits per heavy atom. The molecule has 1 aromatic rings. The van der Waals surface area contributed by atoms with Gasteiger partial charge in [0.15, 0.2) is 0 Å². The van der Waals surface area contributed by atoms with Crippen molar-refractivity contribution in [3.8, 4) is 0 Å². The molecule has 0 saturated carbocycles. The molecule has 0 aliphatic carbocycles. The molecule has 6 nitrogen and oxygen atoms in total. The van der Waals surface area contributed by atoms with Gasteiger partial charge in [-0.2, -0.15) is 0 Å². The van der Waals surface area contributed by atoms with Gasteiger partial charge in [0.1, 0.15) is 0 Å². The van der Waals surface area contributed by atoms with Crippen molar-refractivity contribution >= 4 is 11.8 Å². The average molecular weight is 276 g/mol. The van der Waals surface area contributed by atoms with Crippen LogP contribution in [0.3, 0.4) is 0 Å². The first-order chi connectivity index (χ1) is 9.70. The van der Waals surface area contributed by atoms with Crippen molar-refractivity contribution in [3.05, 3.63) is 35.9 Å². The van der Waals surface area contributed by atoms with Gasteiger partial charge in [0.25, 0.3) is 0 Å². The number of nitrogens with one attached hydrogen (secondary N) is 2. The molecular weight excluding hydrogens is 256 g/mol. The molecule has 0 radical (unpaired) electrons. The van der Waals surface area contributed by atoms with Gasteiger partial charge in [0.05, 0.1) is 5.92 Å². The zero-order valence-corrected chi connectivity index (χ0v) is 11.3. The second-order valence-corrected chi connectivity index (χ2v) is 4.87. The standard InChI is InChI=1S/C14H20N4O2/c15-17-14(20)12(11-4-2-1-3-5-11)10-18-8-6-13(19)16-7-9-18/h1-5,12H,6-10,15H2,(H,16,19)(H,17,20). The summed E-state index contributed by atoms with van der Waals surface area (Å²) in [5.74, 6) is 4.81. The smallest absolute Gasteiger partial charge is 0.242 e. The molecule has 1 fully saturated rings. The maximum absolute atomic E-state index is 12.0. The van der Waals surface area contributed by atoms with Crippen LogP contribution < -0.4 is 16.6 Å². The van der Waals surface area contributed by atoms with Crippen LogP contribution in [-0.4, -0.2) is 42.9 Å². The summed E-state index contributed by atoms with van der Waals surface area (Å²) in [6, 6.07) is 9.55. The van der Waals surface area contributed by atoms with Crippen LogP contribution in [0.15, 0.2) is 30.3 Å². The molecule has 0 bridgehead atoms. The molecule has 1 saturated heterocycles. The summed E-state index contributed by atoms with van der Waals surface area (Å²) in [6.45, 7) is 2.58. The van der Waals surface area contributed by atoms with E-state index in [2.05, 4.69) is 15.6 Å². The van der Waals surface area contributed by atoms with Gasteiger partial charge >= 0.3 is 0 Å². The van der Waals surface area contributed by atoms with Gasteiger partial charge in [0.2, 0.25) is 11.8 Å². The van der Waals surface area contributed by atoms with Crippen LogP contribution in [0, 0.1) is 0 Å². The van der Waals surface area contributed by atoms with Crippen molar-refractivity contribution < 1.29 is 9.59 Å². The highest BCUT2D eigenvalue weighted by atomic mass is 16.2. The Kier molecular flexibility index (Phi) is 5.09. The SMILES string of the molecule is NNC(=O)C(CN1CCNC(=O)CC1)c1ccccc1. The molecule has 1 atom stereocenters. The van der Waals surface area contributed by atoms with Crippen LogP contribution in [-0.2, 0) is 9.59 Å². The molecule has 1 aromatic carbocycles. The van der Waals surface area contributed by atoms with E-state index in [4.69, 9.17) is 5.84 Å². The third-order valence-electron chi connectivity index (χ3n) is 3.51. The Morgan fingerprint density at radius 1 is 1.35 bits per heavy atom. The third kappa shape index (κ3) is 3.79. The average Bonchev–Trinajstić information content (AvgIpc) is 2.69. The van der Waals surface area contributed by atoms with E-state index in [0.717, 1.165) is 12.1 Å². The van der Waals surface area contributed by atoms with E-state index in [9.17, 15) is 9.59 Å². The van der Waals surface area contributed by atoms with Crippen molar-refractivity contribution in [1.29, 1.82) is 0 Å². The largest absolute Gasteiger partial charge is 0.355 e. The molecule has 0 aromatic heterocycles. The lowest BCUT2D eigenvalue weighted by atomic mass is 9.97. The second kappa shape index (κ2) is 7.02. The second-order valence-electron chi connectivity index (χ2n) is 4.87. The molecule has 20 heavy (non-hydrogen) atoms. The summed E-state index contributed by atoms with van der Waals surface area (Å²) in [7, 11) is 0. The van der Waals surface area contributed by atoms with Gasteiger partial charge in [-0.3, -0.25) is 19.9 Å². The van der Waals surface area contributed by atoms with E-state index in [1.165, 1.54) is 0 Å². The number of hydrogen-bond acceptors (Lipinski definition) is 4. The first kappa shape index (κ1) is 14.5. The zero-order valence-electron chi connectivity index (χ0n) is 11.3. The van der Waals surface area contributed by atoms with E-state index >= 15 is 0 Å². The first-order valence-corrected chi connectivity index (χ1v) is 6.75. The van der Waals surface area contributed by atoms with E-state index in [1.807, 2.05) is 30.3 Å². The normalized spacial score (nSPS) is 17.9. The number of nitrogens with zero attached hydrogens (tertiary/aromatic N) is 1. The molecule has 108 valence electrons. The Labute approximate surface area is 118 Å². The highest BCUT2D eigenvalue weighted by molar-refractivity contribution is 5.83. The van der Waals surface area contributed by atoms with Gasteiger partial charge in [-0.1, -0.05) is 30.3 Å². The van der Waals surface area contributed by atoms with E-state index < -0.39 is 0 Å².